The normalized spacial score (nSPS) is 14.1. The third kappa shape index (κ3) is 6.06. The van der Waals surface area contributed by atoms with Gasteiger partial charge in [-0.15, -0.1) is 0 Å². The van der Waals surface area contributed by atoms with Gasteiger partial charge in [-0.05, 0) is 48.6 Å². The van der Waals surface area contributed by atoms with Crippen molar-refractivity contribution in [3.63, 3.8) is 0 Å². The molecule has 2 atom stereocenters. The fraction of sp³-hybridized carbons (Fsp3) is 0.455. The van der Waals surface area contributed by atoms with E-state index in [0.29, 0.717) is 11.3 Å². The van der Waals surface area contributed by atoms with Crippen molar-refractivity contribution in [1.29, 1.82) is 0 Å². The van der Waals surface area contributed by atoms with Crippen LogP contribution in [0.25, 0.3) is 0 Å². The number of aliphatic hydroxyl groups excluding tert-OH is 1. The second-order valence-electron chi connectivity index (χ2n) is 7.68. The van der Waals surface area contributed by atoms with Crippen molar-refractivity contribution < 1.29 is 13.5 Å². The molecule has 28 heavy (non-hydrogen) atoms. The highest BCUT2D eigenvalue weighted by Crippen LogP contribution is 2.22. The predicted octanol–water partition coefficient (Wildman–Crippen LogP) is 3.09. The van der Waals surface area contributed by atoms with Crippen LogP contribution in [-0.2, 0) is 16.3 Å². The van der Waals surface area contributed by atoms with Crippen molar-refractivity contribution >= 4 is 15.5 Å². The molecule has 0 bridgehead atoms. The van der Waals surface area contributed by atoms with Crippen molar-refractivity contribution in [3.8, 4) is 0 Å². The number of aliphatic hydroxyl groups is 1. The molecule has 0 aromatic heterocycles. The van der Waals surface area contributed by atoms with Gasteiger partial charge in [0.1, 0.15) is 5.37 Å². The molecule has 6 heteroatoms. The summed E-state index contributed by atoms with van der Waals surface area (Å²) in [5.41, 5.74) is 2.11. The molecule has 0 heterocycles. The second-order valence-corrected chi connectivity index (χ2v) is 9.75. The summed E-state index contributed by atoms with van der Waals surface area (Å²) in [6.45, 7) is 3.99. The first kappa shape index (κ1) is 22.4. The maximum atomic E-state index is 13.1. The van der Waals surface area contributed by atoms with Crippen LogP contribution in [-0.4, -0.2) is 45.6 Å². The molecule has 2 aromatic rings. The molecule has 0 radical (unpaired) electrons. The summed E-state index contributed by atoms with van der Waals surface area (Å²) in [6, 6.07) is 16.9. The number of nitrogens with zero attached hydrogens (tertiary/aromatic N) is 1. The number of anilines is 1. The van der Waals surface area contributed by atoms with Crippen molar-refractivity contribution in [3.05, 3.63) is 60.2 Å². The van der Waals surface area contributed by atoms with E-state index in [1.54, 1.807) is 24.3 Å². The molecule has 0 fully saturated rings. The Hall–Kier alpha value is -1.89. The Bertz CT molecular complexity index is 819. The SMILES string of the molecule is CC(C)[C@@H](NC[C@H](O)CCc1ccccc1)S(=O)(=O)c1ccc(N(C)C)cc1. The van der Waals surface area contributed by atoms with E-state index in [0.717, 1.165) is 17.7 Å². The Morgan fingerprint density at radius 2 is 1.61 bits per heavy atom. The molecular weight excluding hydrogens is 372 g/mol. The highest BCUT2D eigenvalue weighted by Gasteiger charge is 2.30. The first-order valence-corrected chi connectivity index (χ1v) is 11.2. The summed E-state index contributed by atoms with van der Waals surface area (Å²) >= 11 is 0. The lowest BCUT2D eigenvalue weighted by Gasteiger charge is -2.24. The number of benzene rings is 2. The van der Waals surface area contributed by atoms with Gasteiger partial charge in [-0.2, -0.15) is 0 Å². The van der Waals surface area contributed by atoms with E-state index in [4.69, 9.17) is 0 Å². The van der Waals surface area contributed by atoms with Gasteiger partial charge in [-0.3, -0.25) is 5.32 Å². The number of aryl methyl sites for hydroxylation is 1. The van der Waals surface area contributed by atoms with Gasteiger partial charge in [0.05, 0.1) is 11.0 Å². The van der Waals surface area contributed by atoms with Crippen LogP contribution in [0.4, 0.5) is 5.69 Å². The van der Waals surface area contributed by atoms with Crippen molar-refractivity contribution in [2.45, 2.75) is 43.1 Å². The van der Waals surface area contributed by atoms with Crippen LogP contribution in [0.15, 0.2) is 59.5 Å². The number of sulfone groups is 1. The molecule has 0 amide bonds. The molecule has 0 saturated carbocycles. The highest BCUT2D eigenvalue weighted by molar-refractivity contribution is 7.92. The molecule has 0 aliphatic heterocycles. The number of hydrogen-bond donors (Lipinski definition) is 2. The van der Waals surface area contributed by atoms with E-state index >= 15 is 0 Å². The van der Waals surface area contributed by atoms with Gasteiger partial charge in [0.25, 0.3) is 0 Å². The van der Waals surface area contributed by atoms with Gasteiger partial charge in [0, 0.05) is 26.3 Å². The minimum atomic E-state index is -3.55. The monoisotopic (exact) mass is 404 g/mol. The summed E-state index contributed by atoms with van der Waals surface area (Å²) < 4.78 is 26.2. The Morgan fingerprint density at radius 1 is 1.00 bits per heavy atom. The zero-order valence-corrected chi connectivity index (χ0v) is 18.0. The zero-order chi connectivity index (χ0) is 20.7. The molecule has 2 rings (SSSR count). The third-order valence-corrected chi connectivity index (χ3v) is 7.09. The van der Waals surface area contributed by atoms with Crippen molar-refractivity contribution in [2.75, 3.05) is 25.5 Å². The van der Waals surface area contributed by atoms with Crippen LogP contribution in [0, 0.1) is 5.92 Å². The van der Waals surface area contributed by atoms with Crippen molar-refractivity contribution in [1.82, 2.24) is 5.32 Å². The fourth-order valence-electron chi connectivity index (χ4n) is 3.12. The largest absolute Gasteiger partial charge is 0.392 e. The van der Waals surface area contributed by atoms with Gasteiger partial charge in [-0.1, -0.05) is 44.2 Å². The molecule has 5 nitrogen and oxygen atoms in total. The topological polar surface area (TPSA) is 69.6 Å². The third-order valence-electron chi connectivity index (χ3n) is 4.79. The summed E-state index contributed by atoms with van der Waals surface area (Å²) in [4.78, 5) is 2.22. The molecule has 154 valence electrons. The minimum Gasteiger partial charge on any atom is -0.392 e. The van der Waals surface area contributed by atoms with Crippen LogP contribution in [0.2, 0.25) is 0 Å². The Labute approximate surface area is 169 Å². The van der Waals surface area contributed by atoms with Gasteiger partial charge < -0.3 is 10.0 Å². The van der Waals surface area contributed by atoms with Gasteiger partial charge in [-0.25, -0.2) is 8.42 Å². The van der Waals surface area contributed by atoms with E-state index < -0.39 is 21.3 Å². The van der Waals surface area contributed by atoms with Crippen LogP contribution in [0.5, 0.6) is 0 Å². The molecule has 0 aliphatic carbocycles. The average molecular weight is 405 g/mol. The maximum absolute atomic E-state index is 13.1. The molecule has 2 aromatic carbocycles. The van der Waals surface area contributed by atoms with E-state index in [1.165, 1.54) is 0 Å². The van der Waals surface area contributed by atoms with E-state index in [2.05, 4.69) is 5.32 Å². The Morgan fingerprint density at radius 3 is 2.14 bits per heavy atom. The van der Waals surface area contributed by atoms with E-state index in [9.17, 15) is 13.5 Å². The molecule has 0 unspecified atom stereocenters. The first-order chi connectivity index (χ1) is 13.2. The lowest BCUT2D eigenvalue weighted by Crippen LogP contribution is -2.44. The molecule has 0 aliphatic rings. The van der Waals surface area contributed by atoms with E-state index in [1.807, 2.05) is 63.2 Å². The first-order valence-electron chi connectivity index (χ1n) is 9.68. The number of rotatable bonds is 10. The molecule has 0 spiro atoms. The average Bonchev–Trinajstić information content (AvgIpc) is 2.67. The highest BCUT2D eigenvalue weighted by atomic mass is 32.2. The molecular formula is C22H32N2O3S. The van der Waals surface area contributed by atoms with Gasteiger partial charge in [0.15, 0.2) is 9.84 Å². The second kappa shape index (κ2) is 10.0. The van der Waals surface area contributed by atoms with Crippen LogP contribution >= 0.6 is 0 Å². The smallest absolute Gasteiger partial charge is 0.194 e. The minimum absolute atomic E-state index is 0.125. The lowest BCUT2D eigenvalue weighted by molar-refractivity contribution is 0.159. The van der Waals surface area contributed by atoms with Crippen LogP contribution in [0.1, 0.15) is 25.8 Å². The fourth-order valence-corrected chi connectivity index (χ4v) is 4.96. The number of hydrogen-bond acceptors (Lipinski definition) is 5. The van der Waals surface area contributed by atoms with Crippen molar-refractivity contribution in [2.24, 2.45) is 5.92 Å². The van der Waals surface area contributed by atoms with Gasteiger partial charge >= 0.3 is 0 Å². The summed E-state index contributed by atoms with van der Waals surface area (Å²) in [7, 11) is 0.285. The van der Waals surface area contributed by atoms with Crippen LogP contribution < -0.4 is 10.2 Å². The predicted molar refractivity (Wildman–Crippen MR) is 115 cm³/mol. The quantitative estimate of drug-likeness (QED) is 0.637. The van der Waals surface area contributed by atoms with Gasteiger partial charge in [0.2, 0.25) is 0 Å². The Balaban J connectivity index is 2.01. The standard InChI is InChI=1S/C22H32N2O3S/c1-17(2)22(23-16-20(25)13-10-18-8-6-5-7-9-18)28(26,27)21-14-11-19(12-15-21)24(3)4/h5-9,11-12,14-15,17,20,22-23,25H,10,13,16H2,1-4H3/t20-,22+/m1/s1. The zero-order valence-electron chi connectivity index (χ0n) is 17.2. The summed E-state index contributed by atoms with van der Waals surface area (Å²) in [5.74, 6) is -0.125. The van der Waals surface area contributed by atoms with E-state index in [-0.39, 0.29) is 12.5 Å². The lowest BCUT2D eigenvalue weighted by atomic mass is 10.1. The summed E-state index contributed by atoms with van der Waals surface area (Å²) in [6.07, 6.45) is 0.738. The Kier molecular flexibility index (Phi) is 8.04. The summed E-state index contributed by atoms with van der Waals surface area (Å²) in [5, 5.41) is 12.6. The van der Waals surface area contributed by atoms with Crippen LogP contribution in [0.3, 0.4) is 0 Å². The maximum Gasteiger partial charge on any atom is 0.194 e. The molecule has 0 saturated heterocycles. The molecule has 2 N–H and O–H groups in total. The number of nitrogens with one attached hydrogen (secondary N) is 1.